The van der Waals surface area contributed by atoms with Gasteiger partial charge in [-0.1, -0.05) is 73.7 Å². The number of benzene rings is 4. The molecule has 13 nitrogen and oxygen atoms in total. The molecule has 0 unspecified atom stereocenters. The number of aryl methyl sites for hydroxylation is 2. The van der Waals surface area contributed by atoms with Gasteiger partial charge in [0.1, 0.15) is 6.04 Å². The summed E-state index contributed by atoms with van der Waals surface area (Å²) in [4.78, 5) is 51.3. The molecule has 0 aromatic heterocycles. The molecule has 290 valence electrons. The van der Waals surface area contributed by atoms with Crippen LogP contribution >= 0.6 is 0 Å². The lowest BCUT2D eigenvalue weighted by atomic mass is 10.0. The standard InChI is InChI=1S/C42H49N5O8/c1-4-35(31-18-21-37-38(23-31)54-27-53-37)45-40(49)46-36(15-9-10-22-43-41(50)55-42(51)52)39(48)44-24-30-16-19-34(20-17-30)47(25-32-13-7-5-11-28(32)2)26-33-14-8-6-12-29(33)3/h5-8,11-14,16-21,23,35-36H,4,9-10,15,22,24-27H2,1-3H3,(H,43,50)(H,44,48)(H,51,52)(H2,45,46,49)/t35-,36-/m0/s1. The molecule has 0 spiro atoms. The number of urea groups is 1. The Hall–Kier alpha value is -6.24. The van der Waals surface area contributed by atoms with Crippen LogP contribution in [0.3, 0.4) is 0 Å². The van der Waals surface area contributed by atoms with Crippen molar-refractivity contribution < 1.29 is 38.5 Å². The van der Waals surface area contributed by atoms with E-state index in [1.165, 1.54) is 22.3 Å². The quantitative estimate of drug-likeness (QED) is 0.0424. The van der Waals surface area contributed by atoms with Crippen LogP contribution in [-0.4, -0.2) is 48.7 Å². The maximum atomic E-state index is 13.6. The van der Waals surface area contributed by atoms with Gasteiger partial charge in [-0.05, 0) is 97.2 Å². The number of rotatable bonds is 17. The summed E-state index contributed by atoms with van der Waals surface area (Å²) in [6.45, 7) is 8.16. The number of amides is 4. The van der Waals surface area contributed by atoms with E-state index in [2.05, 4.69) is 93.3 Å². The number of nitrogens with one attached hydrogen (secondary N) is 4. The number of carbonyl (C=O) groups excluding carboxylic acids is 3. The van der Waals surface area contributed by atoms with Crippen LogP contribution < -0.4 is 35.6 Å². The second kappa shape index (κ2) is 19.7. The second-order valence-electron chi connectivity index (χ2n) is 13.4. The van der Waals surface area contributed by atoms with Gasteiger partial charge >= 0.3 is 18.3 Å². The predicted octanol–water partition coefficient (Wildman–Crippen LogP) is 7.25. The summed E-state index contributed by atoms with van der Waals surface area (Å²) in [6, 6.07) is 28.6. The van der Waals surface area contributed by atoms with Crippen molar-refractivity contribution in [1.82, 2.24) is 21.3 Å². The summed E-state index contributed by atoms with van der Waals surface area (Å²) in [5, 5.41) is 19.7. The minimum absolute atomic E-state index is 0.131. The lowest BCUT2D eigenvalue weighted by Gasteiger charge is -2.27. The summed E-state index contributed by atoms with van der Waals surface area (Å²) >= 11 is 0. The first kappa shape index (κ1) is 40.0. The fourth-order valence-corrected chi connectivity index (χ4v) is 6.32. The Morgan fingerprint density at radius 3 is 2.09 bits per heavy atom. The van der Waals surface area contributed by atoms with Crippen molar-refractivity contribution in [2.24, 2.45) is 0 Å². The largest absolute Gasteiger partial charge is 0.514 e. The maximum absolute atomic E-state index is 13.6. The van der Waals surface area contributed by atoms with Gasteiger partial charge in [0.2, 0.25) is 12.7 Å². The van der Waals surface area contributed by atoms with Crippen LogP contribution in [0.5, 0.6) is 11.5 Å². The average molecular weight is 752 g/mol. The summed E-state index contributed by atoms with van der Waals surface area (Å²) in [6.07, 6.45) is -1.07. The highest BCUT2D eigenvalue weighted by Gasteiger charge is 2.24. The first-order valence-corrected chi connectivity index (χ1v) is 18.5. The molecule has 0 radical (unpaired) electrons. The van der Waals surface area contributed by atoms with E-state index in [4.69, 9.17) is 14.6 Å². The monoisotopic (exact) mass is 751 g/mol. The average Bonchev–Trinajstić information content (AvgIpc) is 3.65. The molecule has 0 fully saturated rings. The molecule has 4 aromatic carbocycles. The van der Waals surface area contributed by atoms with Crippen LogP contribution in [0, 0.1) is 13.8 Å². The minimum atomic E-state index is -1.70. The van der Waals surface area contributed by atoms with E-state index in [1.807, 2.05) is 43.3 Å². The van der Waals surface area contributed by atoms with Gasteiger partial charge < -0.3 is 45.5 Å². The molecule has 1 aliphatic heterocycles. The number of hydrogen-bond acceptors (Lipinski definition) is 8. The zero-order chi connectivity index (χ0) is 39.2. The molecule has 5 rings (SSSR count). The van der Waals surface area contributed by atoms with Crippen molar-refractivity contribution in [3.63, 3.8) is 0 Å². The zero-order valence-corrected chi connectivity index (χ0v) is 31.4. The SMILES string of the molecule is CC[C@H](NC(=O)N[C@@H](CCCCNC(=O)OC(=O)O)C(=O)NCc1ccc(N(Cc2ccccc2C)Cc2ccccc2C)cc1)c1ccc2c(c1)OCO2. The summed E-state index contributed by atoms with van der Waals surface area (Å²) in [5.74, 6) is 0.880. The maximum Gasteiger partial charge on any atom is 0.514 e. The lowest BCUT2D eigenvalue weighted by molar-refractivity contribution is -0.123. The number of carbonyl (C=O) groups is 4. The van der Waals surface area contributed by atoms with E-state index < -0.39 is 24.3 Å². The number of fused-ring (bicyclic) bond motifs is 1. The van der Waals surface area contributed by atoms with Crippen molar-refractivity contribution in [3.8, 4) is 11.5 Å². The third-order valence-electron chi connectivity index (χ3n) is 9.52. The van der Waals surface area contributed by atoms with E-state index in [0.717, 1.165) is 29.9 Å². The highest BCUT2D eigenvalue weighted by Crippen LogP contribution is 2.34. The molecular formula is C42H49N5O8. The predicted molar refractivity (Wildman–Crippen MR) is 208 cm³/mol. The Morgan fingerprint density at radius 2 is 1.45 bits per heavy atom. The van der Waals surface area contributed by atoms with Crippen LogP contribution in [0.2, 0.25) is 0 Å². The molecule has 55 heavy (non-hydrogen) atoms. The van der Waals surface area contributed by atoms with Gasteiger partial charge in [0, 0.05) is 31.9 Å². The smallest absolute Gasteiger partial charge is 0.454 e. The Kier molecular flexibility index (Phi) is 14.3. The third kappa shape index (κ3) is 11.9. The van der Waals surface area contributed by atoms with Crippen molar-refractivity contribution in [2.45, 2.75) is 78.2 Å². The molecule has 0 saturated carbocycles. The van der Waals surface area contributed by atoms with Crippen molar-refractivity contribution in [2.75, 3.05) is 18.2 Å². The first-order chi connectivity index (χ1) is 26.6. The summed E-state index contributed by atoms with van der Waals surface area (Å²) in [5.41, 5.74) is 7.71. The molecule has 4 aromatic rings. The molecule has 0 bridgehead atoms. The van der Waals surface area contributed by atoms with Crippen LogP contribution in [0.4, 0.5) is 20.1 Å². The Balaban J connectivity index is 1.23. The summed E-state index contributed by atoms with van der Waals surface area (Å²) < 4.78 is 15.0. The Bertz CT molecular complexity index is 1890. The van der Waals surface area contributed by atoms with E-state index >= 15 is 0 Å². The first-order valence-electron chi connectivity index (χ1n) is 18.5. The van der Waals surface area contributed by atoms with Crippen LogP contribution in [0.25, 0.3) is 0 Å². The molecule has 1 heterocycles. The molecule has 2 atom stereocenters. The second-order valence-corrected chi connectivity index (χ2v) is 13.4. The van der Waals surface area contributed by atoms with Gasteiger partial charge in [0.15, 0.2) is 11.5 Å². The molecule has 0 saturated heterocycles. The lowest BCUT2D eigenvalue weighted by Crippen LogP contribution is -2.50. The van der Waals surface area contributed by atoms with Gasteiger partial charge in [0.25, 0.3) is 0 Å². The van der Waals surface area contributed by atoms with Gasteiger partial charge in [0.05, 0.1) is 6.04 Å². The van der Waals surface area contributed by atoms with Gasteiger partial charge in [-0.15, -0.1) is 0 Å². The van der Waals surface area contributed by atoms with E-state index in [9.17, 15) is 19.2 Å². The van der Waals surface area contributed by atoms with Crippen LogP contribution in [-0.2, 0) is 29.2 Å². The number of ether oxygens (including phenoxy) is 3. The minimum Gasteiger partial charge on any atom is -0.454 e. The Morgan fingerprint density at radius 1 is 0.800 bits per heavy atom. The van der Waals surface area contributed by atoms with Crippen LogP contribution in [0.1, 0.15) is 72.0 Å². The fraction of sp³-hybridized carbons (Fsp3) is 0.333. The molecular weight excluding hydrogens is 702 g/mol. The van der Waals surface area contributed by atoms with Crippen LogP contribution in [0.15, 0.2) is 91.0 Å². The zero-order valence-electron chi connectivity index (χ0n) is 31.4. The number of alkyl carbamates (subject to hydrolysis) is 1. The highest BCUT2D eigenvalue weighted by atomic mass is 16.7. The van der Waals surface area contributed by atoms with Crippen molar-refractivity contribution in [3.05, 3.63) is 124 Å². The molecule has 4 amide bonds. The van der Waals surface area contributed by atoms with E-state index in [-0.39, 0.29) is 38.3 Å². The number of carboxylic acid groups (broad SMARTS) is 1. The Labute approximate surface area is 321 Å². The normalized spacial score (nSPS) is 12.6. The molecule has 5 N–H and O–H groups in total. The van der Waals surface area contributed by atoms with Gasteiger partial charge in [-0.3, -0.25) is 4.79 Å². The third-order valence-corrected chi connectivity index (χ3v) is 9.52. The van der Waals surface area contributed by atoms with Gasteiger partial charge in [-0.2, -0.15) is 0 Å². The highest BCUT2D eigenvalue weighted by molar-refractivity contribution is 5.87. The number of hydrogen-bond donors (Lipinski definition) is 5. The van der Waals surface area contributed by atoms with Gasteiger partial charge in [-0.25, -0.2) is 14.4 Å². The molecule has 1 aliphatic rings. The number of anilines is 1. The van der Waals surface area contributed by atoms with E-state index in [0.29, 0.717) is 30.8 Å². The van der Waals surface area contributed by atoms with Crippen molar-refractivity contribution >= 4 is 29.9 Å². The molecule has 0 aliphatic carbocycles. The van der Waals surface area contributed by atoms with Crippen molar-refractivity contribution in [1.29, 1.82) is 0 Å². The molecule has 13 heteroatoms. The van der Waals surface area contributed by atoms with E-state index in [1.54, 1.807) is 6.07 Å². The topological polar surface area (TPSA) is 168 Å². The number of unbranched alkanes of at least 4 members (excludes halogenated alkanes) is 1. The summed E-state index contributed by atoms with van der Waals surface area (Å²) in [7, 11) is 0. The number of nitrogens with zero attached hydrogens (tertiary/aromatic N) is 1. The fourth-order valence-electron chi connectivity index (χ4n) is 6.32.